The van der Waals surface area contributed by atoms with Crippen molar-refractivity contribution in [2.24, 2.45) is 5.41 Å². The summed E-state index contributed by atoms with van der Waals surface area (Å²) in [6.07, 6.45) is 7.96. The third-order valence-corrected chi connectivity index (χ3v) is 5.74. The average Bonchev–Trinajstić information content (AvgIpc) is 2.88. The topological polar surface area (TPSA) is 39.1 Å². The number of hydrogen-bond acceptors (Lipinski definition) is 3. The van der Waals surface area contributed by atoms with E-state index in [0.717, 1.165) is 19.5 Å². The van der Waals surface area contributed by atoms with Crippen molar-refractivity contribution in [1.82, 2.24) is 14.9 Å². The summed E-state index contributed by atoms with van der Waals surface area (Å²) in [5, 5.41) is 3.46. The number of ether oxygens (including phenoxy) is 1. The van der Waals surface area contributed by atoms with Crippen LogP contribution in [-0.2, 0) is 10.2 Å². The monoisotopic (exact) mass is 277 g/mol. The van der Waals surface area contributed by atoms with Gasteiger partial charge < -0.3 is 14.6 Å². The Morgan fingerprint density at radius 2 is 2.00 bits per heavy atom. The maximum atomic E-state index is 5.60. The normalized spacial score (nSPS) is 31.8. The third kappa shape index (κ3) is 2.01. The number of piperidine rings is 1. The van der Waals surface area contributed by atoms with Crippen LogP contribution < -0.4 is 5.32 Å². The van der Waals surface area contributed by atoms with Crippen LogP contribution in [0.25, 0.3) is 0 Å². The number of methoxy groups -OCH3 is 1. The average molecular weight is 277 g/mol. The summed E-state index contributed by atoms with van der Waals surface area (Å²) in [6, 6.07) is 0.511. The van der Waals surface area contributed by atoms with Crippen molar-refractivity contribution in [2.75, 3.05) is 20.2 Å². The van der Waals surface area contributed by atoms with E-state index in [1.165, 1.54) is 18.5 Å². The highest BCUT2D eigenvalue weighted by Crippen LogP contribution is 2.52. The van der Waals surface area contributed by atoms with Gasteiger partial charge >= 0.3 is 0 Å². The SMILES string of the molecule is COC1CC(n2cncc2C2(C)CCNCC2)C1(C)C. The lowest BCUT2D eigenvalue weighted by molar-refractivity contribution is -0.114. The fourth-order valence-electron chi connectivity index (χ4n) is 3.99. The van der Waals surface area contributed by atoms with Crippen LogP contribution in [0.15, 0.2) is 12.5 Å². The minimum Gasteiger partial charge on any atom is -0.381 e. The molecule has 1 N–H and O–H groups in total. The Kier molecular flexibility index (Phi) is 3.41. The van der Waals surface area contributed by atoms with Crippen molar-refractivity contribution in [3.63, 3.8) is 0 Å². The van der Waals surface area contributed by atoms with Gasteiger partial charge in [-0.05, 0) is 32.4 Å². The lowest BCUT2D eigenvalue weighted by Gasteiger charge is -2.52. The van der Waals surface area contributed by atoms with Crippen molar-refractivity contribution in [2.45, 2.75) is 57.6 Å². The Bertz CT molecular complexity index is 474. The number of nitrogens with one attached hydrogen (secondary N) is 1. The molecule has 4 heteroatoms. The molecule has 112 valence electrons. The van der Waals surface area contributed by atoms with Gasteiger partial charge in [-0.3, -0.25) is 0 Å². The van der Waals surface area contributed by atoms with Gasteiger partial charge in [-0.1, -0.05) is 20.8 Å². The van der Waals surface area contributed by atoms with Crippen LogP contribution in [0.2, 0.25) is 0 Å². The summed E-state index contributed by atoms with van der Waals surface area (Å²) in [4.78, 5) is 4.46. The molecule has 4 nitrogen and oxygen atoms in total. The van der Waals surface area contributed by atoms with Gasteiger partial charge in [0.25, 0.3) is 0 Å². The van der Waals surface area contributed by atoms with Gasteiger partial charge in [0.2, 0.25) is 0 Å². The van der Waals surface area contributed by atoms with Gasteiger partial charge in [0, 0.05) is 35.9 Å². The maximum absolute atomic E-state index is 5.60. The largest absolute Gasteiger partial charge is 0.381 e. The van der Waals surface area contributed by atoms with Crippen LogP contribution in [0.5, 0.6) is 0 Å². The van der Waals surface area contributed by atoms with E-state index < -0.39 is 0 Å². The minimum absolute atomic E-state index is 0.188. The molecule has 0 spiro atoms. The van der Waals surface area contributed by atoms with E-state index in [9.17, 15) is 0 Å². The quantitative estimate of drug-likeness (QED) is 0.922. The van der Waals surface area contributed by atoms with E-state index in [1.54, 1.807) is 0 Å². The smallest absolute Gasteiger partial charge is 0.0951 e. The number of hydrogen-bond donors (Lipinski definition) is 1. The molecule has 0 radical (unpaired) electrons. The lowest BCUT2D eigenvalue weighted by Crippen LogP contribution is -2.52. The first-order chi connectivity index (χ1) is 9.49. The number of nitrogens with zero attached hydrogens (tertiary/aromatic N) is 2. The molecule has 1 aliphatic carbocycles. The van der Waals surface area contributed by atoms with Crippen molar-refractivity contribution < 1.29 is 4.74 Å². The molecule has 0 amide bonds. The zero-order chi connectivity index (χ0) is 14.4. The zero-order valence-electron chi connectivity index (χ0n) is 13.1. The van der Waals surface area contributed by atoms with Crippen molar-refractivity contribution in [1.29, 1.82) is 0 Å². The number of aromatic nitrogens is 2. The summed E-state index contributed by atoms with van der Waals surface area (Å²) >= 11 is 0. The Morgan fingerprint density at radius 1 is 1.30 bits per heavy atom. The predicted molar refractivity (Wildman–Crippen MR) is 79.9 cm³/mol. The Morgan fingerprint density at radius 3 is 2.60 bits per heavy atom. The number of rotatable bonds is 3. The molecule has 2 atom stereocenters. The van der Waals surface area contributed by atoms with Crippen LogP contribution in [-0.4, -0.2) is 35.9 Å². The molecule has 20 heavy (non-hydrogen) atoms. The van der Waals surface area contributed by atoms with E-state index in [2.05, 4.69) is 41.8 Å². The van der Waals surface area contributed by atoms with Crippen molar-refractivity contribution in [3.8, 4) is 0 Å². The number of imidazole rings is 1. The molecule has 2 aliphatic rings. The Balaban J connectivity index is 1.88. The highest BCUT2D eigenvalue weighted by molar-refractivity contribution is 5.19. The van der Waals surface area contributed by atoms with Crippen LogP contribution in [0.3, 0.4) is 0 Å². The van der Waals surface area contributed by atoms with E-state index in [0.29, 0.717) is 12.1 Å². The second-order valence-electron chi connectivity index (χ2n) is 7.29. The molecule has 2 unspecified atom stereocenters. The molecule has 2 heterocycles. The first-order valence-corrected chi connectivity index (χ1v) is 7.75. The summed E-state index contributed by atoms with van der Waals surface area (Å²) < 4.78 is 8.03. The molecule has 3 rings (SSSR count). The first kappa shape index (κ1) is 14.1. The molecule has 1 aliphatic heterocycles. The van der Waals surface area contributed by atoms with Gasteiger partial charge in [-0.25, -0.2) is 4.98 Å². The first-order valence-electron chi connectivity index (χ1n) is 7.75. The molecular formula is C16H27N3O. The molecule has 1 saturated carbocycles. The van der Waals surface area contributed by atoms with E-state index in [-0.39, 0.29) is 10.8 Å². The third-order valence-electron chi connectivity index (χ3n) is 5.74. The van der Waals surface area contributed by atoms with Crippen LogP contribution >= 0.6 is 0 Å². The fraction of sp³-hybridized carbons (Fsp3) is 0.812. The molecule has 1 aromatic rings. The van der Waals surface area contributed by atoms with E-state index in [4.69, 9.17) is 4.74 Å². The second-order valence-corrected chi connectivity index (χ2v) is 7.29. The standard InChI is InChI=1S/C16H27N3O/c1-15(2)12(9-14(15)20-4)19-11-18-10-13(19)16(3)5-7-17-8-6-16/h10-12,14,17H,5-9H2,1-4H3. The van der Waals surface area contributed by atoms with Gasteiger partial charge in [0.1, 0.15) is 0 Å². The van der Waals surface area contributed by atoms with E-state index >= 15 is 0 Å². The summed E-state index contributed by atoms with van der Waals surface area (Å²) in [7, 11) is 1.82. The molecule has 1 aromatic heterocycles. The van der Waals surface area contributed by atoms with E-state index in [1.807, 2.05) is 13.4 Å². The van der Waals surface area contributed by atoms with Gasteiger partial charge in [0.15, 0.2) is 0 Å². The Hall–Kier alpha value is -0.870. The molecule has 2 fully saturated rings. The predicted octanol–water partition coefficient (Wildman–Crippen LogP) is 2.51. The maximum Gasteiger partial charge on any atom is 0.0951 e. The van der Waals surface area contributed by atoms with Gasteiger partial charge in [-0.2, -0.15) is 0 Å². The minimum atomic E-state index is 0.188. The molecular weight excluding hydrogens is 250 g/mol. The van der Waals surface area contributed by atoms with Crippen LogP contribution in [0.4, 0.5) is 0 Å². The van der Waals surface area contributed by atoms with Crippen molar-refractivity contribution in [3.05, 3.63) is 18.2 Å². The van der Waals surface area contributed by atoms with Crippen molar-refractivity contribution >= 4 is 0 Å². The fourth-order valence-corrected chi connectivity index (χ4v) is 3.99. The summed E-state index contributed by atoms with van der Waals surface area (Å²) in [5.41, 5.74) is 1.86. The Labute approximate surface area is 121 Å². The zero-order valence-corrected chi connectivity index (χ0v) is 13.1. The lowest BCUT2D eigenvalue weighted by atomic mass is 9.64. The molecule has 0 aromatic carbocycles. The highest BCUT2D eigenvalue weighted by Gasteiger charge is 2.50. The second kappa shape index (κ2) is 4.85. The van der Waals surface area contributed by atoms with Gasteiger partial charge in [0.05, 0.1) is 12.4 Å². The van der Waals surface area contributed by atoms with Crippen LogP contribution in [0.1, 0.15) is 51.8 Å². The summed E-state index contributed by atoms with van der Waals surface area (Å²) in [6.45, 7) is 9.22. The molecule has 0 bridgehead atoms. The highest BCUT2D eigenvalue weighted by atomic mass is 16.5. The van der Waals surface area contributed by atoms with Gasteiger partial charge in [-0.15, -0.1) is 0 Å². The summed E-state index contributed by atoms with van der Waals surface area (Å²) in [5.74, 6) is 0. The molecule has 1 saturated heterocycles. The van der Waals surface area contributed by atoms with Crippen LogP contribution in [0, 0.1) is 5.41 Å².